The van der Waals surface area contributed by atoms with Crippen LogP contribution < -0.4 is 0 Å². The molecule has 0 radical (unpaired) electrons. The van der Waals surface area contributed by atoms with Gasteiger partial charge in [-0.25, -0.2) is 9.59 Å². The number of aromatic carboxylic acids is 2. The molecule has 0 aliphatic carbocycles. The average molecular weight is 619 g/mol. The Labute approximate surface area is 247 Å². The first-order valence-corrected chi connectivity index (χ1v) is 16.3. The van der Waals surface area contributed by atoms with Crippen molar-refractivity contribution in [1.82, 2.24) is 0 Å². The molecule has 2 rings (SSSR count). The molecule has 2 N–H and O–H groups in total. The highest BCUT2D eigenvalue weighted by Crippen LogP contribution is 2.25. The summed E-state index contributed by atoms with van der Waals surface area (Å²) in [7, 11) is -5.42. The summed E-state index contributed by atoms with van der Waals surface area (Å²) in [5.74, 6) is -2.25. The van der Waals surface area contributed by atoms with Crippen LogP contribution >= 0.6 is 0 Å². The van der Waals surface area contributed by atoms with Crippen LogP contribution in [-0.2, 0) is 14.3 Å². The van der Waals surface area contributed by atoms with Crippen molar-refractivity contribution in [2.45, 2.75) is 115 Å². The van der Waals surface area contributed by atoms with Gasteiger partial charge in [0.2, 0.25) is 0 Å². The monoisotopic (exact) mass is 618 g/mol. The van der Waals surface area contributed by atoms with E-state index >= 15 is 0 Å². The molecule has 0 fully saturated rings. The zero-order valence-electron chi connectivity index (χ0n) is 24.5. The number of carbonyl (C=O) groups is 2. The Morgan fingerprint density at radius 1 is 0.667 bits per heavy atom. The molecule has 238 valence electrons. The number of benzene rings is 2. The van der Waals surface area contributed by atoms with Gasteiger partial charge in [-0.3, -0.25) is 4.18 Å². The number of carboxylic acids is 2. The summed E-state index contributed by atoms with van der Waals surface area (Å²) < 4.78 is 61.4. The summed E-state index contributed by atoms with van der Waals surface area (Å²) in [6, 6.07) is 9.37. The standard InChI is InChI=1S/C19H37F3O3S.C12H8O4/c1-2-3-4-5-6-7-8-9-10-11-12-13-14-15-16-17-18-25-26(23,24)19(20,21)22;13-11(14)8-5-1-3-7-4-2-6-9(10(7)8)12(15)16/h2-18H2,1H3;1-6H,(H,13,14)(H,15,16). The summed E-state index contributed by atoms with van der Waals surface area (Å²) in [6.07, 6.45) is 18.7. The number of hydrogen-bond acceptors (Lipinski definition) is 5. The highest BCUT2D eigenvalue weighted by atomic mass is 32.2. The summed E-state index contributed by atoms with van der Waals surface area (Å²) in [4.78, 5) is 22.0. The first-order valence-electron chi connectivity index (χ1n) is 14.9. The maximum atomic E-state index is 12.0. The van der Waals surface area contributed by atoms with Crippen molar-refractivity contribution in [2.24, 2.45) is 0 Å². The van der Waals surface area contributed by atoms with Gasteiger partial charge in [0.15, 0.2) is 0 Å². The predicted octanol–water partition coefficient (Wildman–Crippen LogP) is 9.35. The quantitative estimate of drug-likeness (QED) is 0.0862. The normalized spacial score (nSPS) is 11.7. The molecule has 0 heterocycles. The van der Waals surface area contributed by atoms with Gasteiger partial charge in [-0.05, 0) is 23.9 Å². The molecule has 0 spiro atoms. The van der Waals surface area contributed by atoms with E-state index < -0.39 is 27.6 Å². The van der Waals surface area contributed by atoms with Crippen LogP contribution in [0.5, 0.6) is 0 Å². The molecule has 0 atom stereocenters. The van der Waals surface area contributed by atoms with Crippen molar-refractivity contribution in [3.63, 3.8) is 0 Å². The molecule has 0 saturated carbocycles. The van der Waals surface area contributed by atoms with E-state index in [0.29, 0.717) is 18.2 Å². The van der Waals surface area contributed by atoms with Gasteiger partial charge < -0.3 is 10.2 Å². The minimum absolute atomic E-state index is 0.00972. The average Bonchev–Trinajstić information content (AvgIpc) is 2.93. The second-order valence-corrected chi connectivity index (χ2v) is 12.0. The lowest BCUT2D eigenvalue weighted by Crippen LogP contribution is -2.25. The third-order valence-corrected chi connectivity index (χ3v) is 7.93. The second kappa shape index (κ2) is 20.3. The lowest BCUT2D eigenvalue weighted by molar-refractivity contribution is -0.0543. The van der Waals surface area contributed by atoms with Crippen molar-refractivity contribution in [3.05, 3.63) is 47.5 Å². The van der Waals surface area contributed by atoms with Crippen molar-refractivity contribution in [1.29, 1.82) is 0 Å². The van der Waals surface area contributed by atoms with Gasteiger partial charge in [-0.2, -0.15) is 21.6 Å². The molecule has 11 heteroatoms. The number of halogens is 3. The summed E-state index contributed by atoms with van der Waals surface area (Å²) in [5, 5.41) is 18.9. The van der Waals surface area contributed by atoms with Gasteiger partial charge >= 0.3 is 27.6 Å². The molecule has 0 unspecified atom stereocenters. The molecule has 2 aromatic carbocycles. The molecule has 0 aliphatic rings. The third kappa shape index (κ3) is 14.5. The van der Waals surface area contributed by atoms with Gasteiger partial charge in [-0.1, -0.05) is 128 Å². The lowest BCUT2D eigenvalue weighted by atomic mass is 9.99. The Balaban J connectivity index is 0.000000465. The van der Waals surface area contributed by atoms with Gasteiger partial charge in [0.1, 0.15) is 0 Å². The summed E-state index contributed by atoms with van der Waals surface area (Å²) in [5.41, 5.74) is -5.30. The fourth-order valence-corrected chi connectivity index (χ4v) is 5.05. The fraction of sp³-hybridized carbons (Fsp3) is 0.613. The molecule has 0 amide bonds. The van der Waals surface area contributed by atoms with Crippen LogP contribution in [0.15, 0.2) is 36.4 Å². The third-order valence-electron chi connectivity index (χ3n) is 6.89. The molecule has 2 aromatic rings. The largest absolute Gasteiger partial charge is 0.523 e. The summed E-state index contributed by atoms with van der Waals surface area (Å²) >= 11 is 0. The van der Waals surface area contributed by atoms with Gasteiger partial charge in [0.05, 0.1) is 17.7 Å². The van der Waals surface area contributed by atoms with Crippen molar-refractivity contribution < 1.29 is 45.6 Å². The van der Waals surface area contributed by atoms with E-state index in [1.807, 2.05) is 0 Å². The van der Waals surface area contributed by atoms with Gasteiger partial charge in [0.25, 0.3) is 0 Å². The number of carboxylic acid groups (broad SMARTS) is 2. The first-order chi connectivity index (χ1) is 19.9. The number of fused-ring (bicyclic) bond motifs is 1. The molecular weight excluding hydrogens is 573 g/mol. The number of alkyl halides is 3. The van der Waals surface area contributed by atoms with Crippen LogP contribution in [0.3, 0.4) is 0 Å². The molecule has 7 nitrogen and oxygen atoms in total. The Kier molecular flexibility index (Phi) is 18.0. The van der Waals surface area contributed by atoms with Crippen LogP contribution in [0.25, 0.3) is 10.8 Å². The van der Waals surface area contributed by atoms with Crippen LogP contribution in [0.1, 0.15) is 130 Å². The van der Waals surface area contributed by atoms with E-state index in [0.717, 1.165) is 19.3 Å². The minimum Gasteiger partial charge on any atom is -0.478 e. The topological polar surface area (TPSA) is 118 Å². The molecular formula is C31H45F3O7S. The van der Waals surface area contributed by atoms with E-state index in [9.17, 15) is 31.2 Å². The number of hydrogen-bond donors (Lipinski definition) is 2. The predicted molar refractivity (Wildman–Crippen MR) is 158 cm³/mol. The summed E-state index contributed by atoms with van der Waals surface area (Å²) in [6.45, 7) is 1.85. The van der Waals surface area contributed by atoms with Crippen molar-refractivity contribution in [3.8, 4) is 0 Å². The maximum absolute atomic E-state index is 12.0. The Hall–Kier alpha value is -2.66. The number of unbranched alkanes of at least 4 members (excludes halogenated alkanes) is 15. The Morgan fingerprint density at radius 2 is 1.02 bits per heavy atom. The number of rotatable bonds is 20. The van der Waals surface area contributed by atoms with Crippen molar-refractivity contribution >= 4 is 32.8 Å². The van der Waals surface area contributed by atoms with Crippen LogP contribution in [-0.4, -0.2) is 42.7 Å². The van der Waals surface area contributed by atoms with E-state index in [1.165, 1.54) is 82.8 Å². The highest BCUT2D eigenvalue weighted by Gasteiger charge is 2.47. The molecule has 0 saturated heterocycles. The zero-order chi connectivity index (χ0) is 31.4. The maximum Gasteiger partial charge on any atom is 0.523 e. The minimum atomic E-state index is -5.42. The van der Waals surface area contributed by atoms with Gasteiger partial charge in [0, 0.05) is 5.39 Å². The first kappa shape index (κ1) is 37.4. The fourth-order valence-electron chi connectivity index (χ4n) is 4.58. The zero-order valence-corrected chi connectivity index (χ0v) is 25.3. The Bertz CT molecular complexity index is 1130. The Morgan fingerprint density at radius 3 is 1.36 bits per heavy atom. The second-order valence-electron chi connectivity index (χ2n) is 10.3. The molecule has 0 aliphatic heterocycles. The molecule has 0 aromatic heterocycles. The van der Waals surface area contributed by atoms with Crippen LogP contribution in [0, 0.1) is 0 Å². The molecule has 42 heavy (non-hydrogen) atoms. The molecule has 0 bridgehead atoms. The highest BCUT2D eigenvalue weighted by molar-refractivity contribution is 7.87. The lowest BCUT2D eigenvalue weighted by Gasteiger charge is -2.08. The van der Waals surface area contributed by atoms with Gasteiger partial charge in [-0.15, -0.1) is 0 Å². The van der Waals surface area contributed by atoms with Crippen LogP contribution in [0.2, 0.25) is 0 Å². The van der Waals surface area contributed by atoms with E-state index in [1.54, 1.807) is 24.3 Å². The van der Waals surface area contributed by atoms with E-state index in [4.69, 9.17) is 10.2 Å². The van der Waals surface area contributed by atoms with Crippen molar-refractivity contribution in [2.75, 3.05) is 6.61 Å². The van der Waals surface area contributed by atoms with E-state index in [2.05, 4.69) is 11.1 Å². The van der Waals surface area contributed by atoms with E-state index in [-0.39, 0.29) is 23.1 Å². The SMILES string of the molecule is CCCCCCCCCCCCCCCCCCOS(=O)(=O)C(F)(F)F.O=C(O)c1cccc2cccc(C(=O)O)c12. The van der Waals surface area contributed by atoms with Crippen LogP contribution in [0.4, 0.5) is 13.2 Å². The smallest absolute Gasteiger partial charge is 0.478 e.